The molecule has 0 radical (unpaired) electrons. The molecule has 15 heavy (non-hydrogen) atoms. The minimum Gasteiger partial charge on any atom is -0.480 e. The van der Waals surface area contributed by atoms with Gasteiger partial charge >= 0.3 is 5.97 Å². The van der Waals surface area contributed by atoms with Crippen molar-refractivity contribution in [1.29, 1.82) is 0 Å². The summed E-state index contributed by atoms with van der Waals surface area (Å²) in [5.74, 6) is -0.496. The third kappa shape index (κ3) is 2.06. The van der Waals surface area contributed by atoms with E-state index in [1.165, 1.54) is 5.56 Å². The van der Waals surface area contributed by atoms with E-state index in [1.807, 2.05) is 0 Å². The minimum atomic E-state index is -0.904. The number of carboxylic acid groups (broad SMARTS) is 1. The molecule has 1 aliphatic carbocycles. The Labute approximate surface area is 87.6 Å². The zero-order valence-electron chi connectivity index (χ0n) is 8.53. The molecule has 80 valence electrons. The average Bonchev–Trinajstić information content (AvgIpc) is 2.64. The van der Waals surface area contributed by atoms with Gasteiger partial charge in [0.15, 0.2) is 0 Å². The lowest BCUT2D eigenvalue weighted by Gasteiger charge is -2.09. The summed E-state index contributed by atoms with van der Waals surface area (Å²) in [7, 11) is 0. The predicted molar refractivity (Wildman–Crippen MR) is 54.8 cm³/mol. The van der Waals surface area contributed by atoms with Crippen LogP contribution in [0.25, 0.3) is 0 Å². The zero-order valence-corrected chi connectivity index (χ0v) is 8.53. The number of carbonyl (C=O) groups is 1. The maximum Gasteiger partial charge on any atom is 0.325 e. The highest BCUT2D eigenvalue weighted by atomic mass is 16.4. The van der Waals surface area contributed by atoms with Gasteiger partial charge in [-0.05, 0) is 31.7 Å². The Balaban J connectivity index is 2.13. The first-order chi connectivity index (χ1) is 7.16. The van der Waals surface area contributed by atoms with Crippen LogP contribution in [0, 0.1) is 0 Å². The minimum absolute atomic E-state index is 0.408. The molecule has 0 fully saturated rings. The monoisotopic (exact) mass is 207 g/mol. The number of nitrogens with zero attached hydrogens (tertiary/aromatic N) is 2. The number of aryl methyl sites for hydroxylation is 2. The van der Waals surface area contributed by atoms with Crippen molar-refractivity contribution < 1.29 is 9.90 Å². The van der Waals surface area contributed by atoms with E-state index in [0.29, 0.717) is 5.95 Å². The van der Waals surface area contributed by atoms with Crippen molar-refractivity contribution in [2.75, 3.05) is 5.32 Å². The summed E-state index contributed by atoms with van der Waals surface area (Å²) in [6.45, 7) is 1.57. The second kappa shape index (κ2) is 3.84. The highest BCUT2D eigenvalue weighted by molar-refractivity contribution is 5.75. The molecule has 0 spiro atoms. The van der Waals surface area contributed by atoms with Gasteiger partial charge < -0.3 is 10.4 Å². The molecule has 5 nitrogen and oxygen atoms in total. The van der Waals surface area contributed by atoms with Crippen LogP contribution < -0.4 is 5.32 Å². The zero-order chi connectivity index (χ0) is 10.8. The Morgan fingerprint density at radius 1 is 1.60 bits per heavy atom. The first kappa shape index (κ1) is 9.89. The van der Waals surface area contributed by atoms with E-state index in [4.69, 9.17) is 5.11 Å². The molecular weight excluding hydrogens is 194 g/mol. The van der Waals surface area contributed by atoms with E-state index in [1.54, 1.807) is 13.1 Å². The van der Waals surface area contributed by atoms with Crippen LogP contribution in [0.1, 0.15) is 24.6 Å². The van der Waals surface area contributed by atoms with Crippen molar-refractivity contribution in [3.8, 4) is 0 Å². The van der Waals surface area contributed by atoms with Crippen molar-refractivity contribution in [3.63, 3.8) is 0 Å². The molecule has 1 atom stereocenters. The SMILES string of the molecule is CC(Nc1ncc2c(n1)CCC2)C(=O)O. The van der Waals surface area contributed by atoms with Crippen molar-refractivity contribution in [1.82, 2.24) is 9.97 Å². The average molecular weight is 207 g/mol. The topological polar surface area (TPSA) is 75.1 Å². The maximum atomic E-state index is 10.6. The summed E-state index contributed by atoms with van der Waals surface area (Å²) in [5.41, 5.74) is 2.23. The van der Waals surface area contributed by atoms with Crippen LogP contribution in [0.15, 0.2) is 6.20 Å². The lowest BCUT2D eigenvalue weighted by atomic mass is 10.3. The number of aliphatic carboxylic acids is 1. The molecule has 2 rings (SSSR count). The van der Waals surface area contributed by atoms with Gasteiger partial charge in [0.2, 0.25) is 5.95 Å². The molecule has 1 unspecified atom stereocenters. The van der Waals surface area contributed by atoms with Crippen LogP contribution in [-0.2, 0) is 17.6 Å². The van der Waals surface area contributed by atoms with E-state index in [0.717, 1.165) is 25.0 Å². The third-order valence-corrected chi connectivity index (χ3v) is 2.53. The molecule has 1 aromatic rings. The third-order valence-electron chi connectivity index (χ3n) is 2.53. The Morgan fingerprint density at radius 3 is 3.13 bits per heavy atom. The summed E-state index contributed by atoms with van der Waals surface area (Å²) in [6.07, 6.45) is 4.90. The summed E-state index contributed by atoms with van der Waals surface area (Å²) < 4.78 is 0. The highest BCUT2D eigenvalue weighted by Gasteiger charge is 2.16. The molecule has 0 bridgehead atoms. The molecule has 1 aliphatic rings. The summed E-state index contributed by atoms with van der Waals surface area (Å²) in [4.78, 5) is 19.0. The maximum absolute atomic E-state index is 10.6. The molecular formula is C10H13N3O2. The first-order valence-electron chi connectivity index (χ1n) is 5.01. The van der Waals surface area contributed by atoms with E-state index in [-0.39, 0.29) is 0 Å². The van der Waals surface area contributed by atoms with Crippen LogP contribution in [0.5, 0.6) is 0 Å². The summed E-state index contributed by atoms with van der Waals surface area (Å²) >= 11 is 0. The van der Waals surface area contributed by atoms with Gasteiger partial charge in [-0.25, -0.2) is 9.97 Å². The number of hydrogen-bond donors (Lipinski definition) is 2. The van der Waals surface area contributed by atoms with Gasteiger partial charge in [0.1, 0.15) is 6.04 Å². The van der Waals surface area contributed by atoms with Gasteiger partial charge in [0, 0.05) is 11.9 Å². The number of rotatable bonds is 3. The molecule has 0 aliphatic heterocycles. The highest BCUT2D eigenvalue weighted by Crippen LogP contribution is 2.19. The standard InChI is InChI=1S/C10H13N3O2/c1-6(9(14)15)12-10-11-5-7-3-2-4-8(7)13-10/h5-6H,2-4H2,1H3,(H,14,15)(H,11,12,13). The Hall–Kier alpha value is -1.65. The van der Waals surface area contributed by atoms with Crippen molar-refractivity contribution in [2.45, 2.75) is 32.2 Å². The largest absolute Gasteiger partial charge is 0.480 e. The quantitative estimate of drug-likeness (QED) is 0.768. The van der Waals surface area contributed by atoms with Gasteiger partial charge in [-0.15, -0.1) is 0 Å². The molecule has 0 aromatic carbocycles. The van der Waals surface area contributed by atoms with Crippen LogP contribution in [0.2, 0.25) is 0 Å². The summed E-state index contributed by atoms with van der Waals surface area (Å²) in [5, 5.41) is 11.5. The fourth-order valence-electron chi connectivity index (χ4n) is 1.64. The van der Waals surface area contributed by atoms with E-state index >= 15 is 0 Å². The van der Waals surface area contributed by atoms with Gasteiger partial charge in [-0.2, -0.15) is 0 Å². The summed E-state index contributed by atoms with van der Waals surface area (Å²) in [6, 6.07) is -0.663. The number of nitrogens with one attached hydrogen (secondary N) is 1. The molecule has 0 saturated heterocycles. The van der Waals surface area contributed by atoms with Crippen LogP contribution >= 0.6 is 0 Å². The predicted octanol–water partition coefficient (Wildman–Crippen LogP) is 0.850. The number of anilines is 1. The van der Waals surface area contributed by atoms with Crippen molar-refractivity contribution in [2.24, 2.45) is 0 Å². The number of carboxylic acids is 1. The molecule has 1 aromatic heterocycles. The Morgan fingerprint density at radius 2 is 2.40 bits per heavy atom. The molecule has 0 amide bonds. The smallest absolute Gasteiger partial charge is 0.325 e. The van der Waals surface area contributed by atoms with Crippen molar-refractivity contribution in [3.05, 3.63) is 17.5 Å². The van der Waals surface area contributed by atoms with Crippen LogP contribution in [-0.4, -0.2) is 27.1 Å². The lowest BCUT2D eigenvalue weighted by molar-refractivity contribution is -0.137. The molecule has 1 heterocycles. The molecule has 5 heteroatoms. The first-order valence-corrected chi connectivity index (χ1v) is 5.01. The molecule has 0 saturated carbocycles. The Bertz CT molecular complexity index is 392. The van der Waals surface area contributed by atoms with Gasteiger partial charge in [0.25, 0.3) is 0 Å². The van der Waals surface area contributed by atoms with Crippen LogP contribution in [0.3, 0.4) is 0 Å². The van der Waals surface area contributed by atoms with Gasteiger partial charge in [-0.1, -0.05) is 0 Å². The van der Waals surface area contributed by atoms with E-state index in [9.17, 15) is 4.79 Å². The Kier molecular flexibility index (Phi) is 2.53. The number of aromatic nitrogens is 2. The van der Waals surface area contributed by atoms with E-state index in [2.05, 4.69) is 15.3 Å². The van der Waals surface area contributed by atoms with Crippen molar-refractivity contribution >= 4 is 11.9 Å². The fraction of sp³-hybridized carbons (Fsp3) is 0.500. The number of hydrogen-bond acceptors (Lipinski definition) is 4. The lowest BCUT2D eigenvalue weighted by Crippen LogP contribution is -2.26. The molecule has 2 N–H and O–H groups in total. The fourth-order valence-corrected chi connectivity index (χ4v) is 1.64. The number of fused-ring (bicyclic) bond motifs is 1. The normalized spacial score (nSPS) is 15.8. The van der Waals surface area contributed by atoms with Gasteiger partial charge in [-0.3, -0.25) is 4.79 Å². The van der Waals surface area contributed by atoms with E-state index < -0.39 is 12.0 Å². The van der Waals surface area contributed by atoms with Gasteiger partial charge in [0.05, 0.1) is 0 Å². The second-order valence-corrected chi connectivity index (χ2v) is 3.72. The van der Waals surface area contributed by atoms with Crippen LogP contribution in [0.4, 0.5) is 5.95 Å². The second-order valence-electron chi connectivity index (χ2n) is 3.72.